The summed E-state index contributed by atoms with van der Waals surface area (Å²) in [5.41, 5.74) is 6.06. The number of ether oxygens (including phenoxy) is 1. The lowest BCUT2D eigenvalue weighted by Gasteiger charge is -2.06. The molecule has 92 valence electrons. The molecule has 0 fully saturated rings. The summed E-state index contributed by atoms with van der Waals surface area (Å²) < 4.78 is 5.30. The topological polar surface area (TPSA) is 64.3 Å². The molecule has 1 aromatic carbocycles. The lowest BCUT2D eigenvalue weighted by molar-refractivity contribution is -0.116. The number of rotatable bonds is 6. The fourth-order valence-corrected chi connectivity index (χ4v) is 1.36. The van der Waals surface area contributed by atoms with Crippen molar-refractivity contribution < 1.29 is 9.53 Å². The molecule has 0 heterocycles. The molecule has 0 saturated heterocycles. The zero-order valence-electron chi connectivity index (χ0n) is 9.73. The number of anilines is 1. The van der Waals surface area contributed by atoms with Crippen LogP contribution in [-0.2, 0) is 4.79 Å². The van der Waals surface area contributed by atoms with Gasteiger partial charge in [0.1, 0.15) is 5.75 Å². The first-order valence-electron chi connectivity index (χ1n) is 5.43. The van der Waals surface area contributed by atoms with Crippen LogP contribution in [0.15, 0.2) is 24.3 Å². The Morgan fingerprint density at radius 3 is 2.53 bits per heavy atom. The third-order valence-electron chi connectivity index (χ3n) is 2.05. The molecular weight excluding hydrogens is 236 g/mol. The first kappa shape index (κ1) is 13.4. The van der Waals surface area contributed by atoms with Crippen LogP contribution >= 0.6 is 12.2 Å². The molecular formula is C12H16N2O2S. The first-order chi connectivity index (χ1) is 8.11. The minimum atomic E-state index is -0.0954. The van der Waals surface area contributed by atoms with Gasteiger partial charge in [-0.05, 0) is 31.2 Å². The number of nitrogens with one attached hydrogen (secondary N) is 1. The Labute approximate surface area is 106 Å². The van der Waals surface area contributed by atoms with Crippen LogP contribution in [0.5, 0.6) is 5.75 Å². The van der Waals surface area contributed by atoms with E-state index in [0.29, 0.717) is 24.4 Å². The van der Waals surface area contributed by atoms with Gasteiger partial charge in [0.05, 0.1) is 11.6 Å². The molecule has 1 rings (SSSR count). The smallest absolute Gasteiger partial charge is 0.224 e. The molecule has 0 aliphatic carbocycles. The van der Waals surface area contributed by atoms with E-state index in [4.69, 9.17) is 22.7 Å². The van der Waals surface area contributed by atoms with Crippen molar-refractivity contribution in [1.82, 2.24) is 0 Å². The van der Waals surface area contributed by atoms with Crippen LogP contribution in [-0.4, -0.2) is 17.5 Å². The summed E-state index contributed by atoms with van der Waals surface area (Å²) in [6.45, 7) is 2.55. The summed E-state index contributed by atoms with van der Waals surface area (Å²) in [5, 5.41) is 2.76. The van der Waals surface area contributed by atoms with Gasteiger partial charge in [0, 0.05) is 18.5 Å². The van der Waals surface area contributed by atoms with Gasteiger partial charge in [-0.3, -0.25) is 4.79 Å². The maximum absolute atomic E-state index is 11.5. The third kappa shape index (κ3) is 5.31. The fraction of sp³-hybridized carbons (Fsp3) is 0.333. The van der Waals surface area contributed by atoms with Crippen molar-refractivity contribution in [3.63, 3.8) is 0 Å². The number of amides is 1. The molecule has 0 spiro atoms. The molecule has 1 amide bonds. The monoisotopic (exact) mass is 252 g/mol. The summed E-state index contributed by atoms with van der Waals surface area (Å²) in [6, 6.07) is 7.21. The summed E-state index contributed by atoms with van der Waals surface area (Å²) in [5.74, 6) is 0.690. The van der Waals surface area contributed by atoms with Gasteiger partial charge in [-0.1, -0.05) is 12.2 Å². The minimum Gasteiger partial charge on any atom is -0.494 e. The second-order valence-corrected chi connectivity index (χ2v) is 4.00. The van der Waals surface area contributed by atoms with E-state index in [1.165, 1.54) is 0 Å². The highest BCUT2D eigenvalue weighted by Gasteiger charge is 2.03. The summed E-state index contributed by atoms with van der Waals surface area (Å²) in [6.07, 6.45) is 0.737. The zero-order chi connectivity index (χ0) is 12.7. The van der Waals surface area contributed by atoms with E-state index in [2.05, 4.69) is 5.32 Å². The maximum Gasteiger partial charge on any atom is 0.224 e. The summed E-state index contributed by atoms with van der Waals surface area (Å²) in [7, 11) is 0. The Balaban J connectivity index is 2.45. The molecule has 0 aliphatic rings. The van der Waals surface area contributed by atoms with Crippen LogP contribution in [0.1, 0.15) is 19.8 Å². The number of benzene rings is 1. The van der Waals surface area contributed by atoms with Crippen molar-refractivity contribution in [2.75, 3.05) is 11.9 Å². The van der Waals surface area contributed by atoms with Crippen LogP contribution in [0.4, 0.5) is 5.69 Å². The van der Waals surface area contributed by atoms with Crippen molar-refractivity contribution in [3.05, 3.63) is 24.3 Å². The third-order valence-corrected chi connectivity index (χ3v) is 2.25. The molecule has 0 aliphatic heterocycles. The molecule has 0 saturated carbocycles. The lowest BCUT2D eigenvalue weighted by Crippen LogP contribution is -2.15. The van der Waals surface area contributed by atoms with E-state index in [9.17, 15) is 4.79 Å². The standard InChI is InChI=1S/C12H16N2O2S/c1-2-16-10-5-3-9(4-6-10)14-12(15)8-7-11(13)17/h3-6H,2,7-8H2,1H3,(H2,13,17)(H,14,15). The number of carbonyl (C=O) groups excluding carboxylic acids is 1. The highest BCUT2D eigenvalue weighted by molar-refractivity contribution is 7.80. The van der Waals surface area contributed by atoms with Crippen LogP contribution in [0.2, 0.25) is 0 Å². The molecule has 3 N–H and O–H groups in total. The van der Waals surface area contributed by atoms with Gasteiger partial charge < -0.3 is 15.8 Å². The highest BCUT2D eigenvalue weighted by atomic mass is 32.1. The maximum atomic E-state index is 11.5. The van der Waals surface area contributed by atoms with Crippen LogP contribution in [0, 0.1) is 0 Å². The van der Waals surface area contributed by atoms with Crippen LogP contribution in [0.3, 0.4) is 0 Å². The average Bonchev–Trinajstić information content (AvgIpc) is 2.29. The Hall–Kier alpha value is -1.62. The average molecular weight is 252 g/mol. The van der Waals surface area contributed by atoms with E-state index < -0.39 is 0 Å². The molecule has 0 atom stereocenters. The SMILES string of the molecule is CCOc1ccc(NC(=O)CCC(N)=S)cc1. The molecule has 5 heteroatoms. The Kier molecular flexibility index (Phi) is 5.42. The number of thiocarbonyl (C=S) groups is 1. The molecule has 0 unspecified atom stereocenters. The van der Waals surface area contributed by atoms with Gasteiger partial charge in [-0.25, -0.2) is 0 Å². The normalized spacial score (nSPS) is 9.71. The molecule has 1 aromatic rings. The highest BCUT2D eigenvalue weighted by Crippen LogP contribution is 2.15. The zero-order valence-corrected chi connectivity index (χ0v) is 10.5. The predicted octanol–water partition coefficient (Wildman–Crippen LogP) is 2.09. The van der Waals surface area contributed by atoms with Crippen molar-refractivity contribution >= 4 is 28.8 Å². The second-order valence-electron chi connectivity index (χ2n) is 3.47. The predicted molar refractivity (Wildman–Crippen MR) is 72.3 cm³/mol. The summed E-state index contributed by atoms with van der Waals surface area (Å²) >= 11 is 4.71. The summed E-state index contributed by atoms with van der Waals surface area (Å²) in [4.78, 5) is 11.8. The van der Waals surface area contributed by atoms with E-state index in [1.807, 2.05) is 19.1 Å². The number of hydrogen-bond acceptors (Lipinski definition) is 3. The van der Waals surface area contributed by atoms with E-state index >= 15 is 0 Å². The van der Waals surface area contributed by atoms with E-state index in [0.717, 1.165) is 11.4 Å². The van der Waals surface area contributed by atoms with Crippen molar-refractivity contribution in [1.29, 1.82) is 0 Å². The molecule has 0 radical (unpaired) electrons. The molecule has 4 nitrogen and oxygen atoms in total. The lowest BCUT2D eigenvalue weighted by atomic mass is 10.2. The molecule has 0 aromatic heterocycles. The Morgan fingerprint density at radius 2 is 2.00 bits per heavy atom. The van der Waals surface area contributed by atoms with Crippen molar-refractivity contribution in [2.24, 2.45) is 5.73 Å². The largest absolute Gasteiger partial charge is 0.494 e. The quantitative estimate of drug-likeness (QED) is 0.761. The van der Waals surface area contributed by atoms with Crippen LogP contribution < -0.4 is 15.8 Å². The molecule has 0 bridgehead atoms. The van der Waals surface area contributed by atoms with Gasteiger partial charge >= 0.3 is 0 Å². The number of carbonyl (C=O) groups is 1. The van der Waals surface area contributed by atoms with E-state index in [-0.39, 0.29) is 5.91 Å². The van der Waals surface area contributed by atoms with E-state index in [1.54, 1.807) is 12.1 Å². The van der Waals surface area contributed by atoms with Gasteiger partial charge in [-0.15, -0.1) is 0 Å². The Bertz CT molecular complexity index is 390. The second kappa shape index (κ2) is 6.85. The van der Waals surface area contributed by atoms with Gasteiger partial charge in [0.2, 0.25) is 5.91 Å². The number of nitrogens with two attached hydrogens (primary N) is 1. The first-order valence-corrected chi connectivity index (χ1v) is 5.83. The fourth-order valence-electron chi connectivity index (χ4n) is 1.26. The van der Waals surface area contributed by atoms with Gasteiger partial charge in [0.15, 0.2) is 0 Å². The van der Waals surface area contributed by atoms with Crippen molar-refractivity contribution in [3.8, 4) is 5.75 Å². The molecule has 17 heavy (non-hydrogen) atoms. The van der Waals surface area contributed by atoms with Gasteiger partial charge in [-0.2, -0.15) is 0 Å². The van der Waals surface area contributed by atoms with Gasteiger partial charge in [0.25, 0.3) is 0 Å². The Morgan fingerprint density at radius 1 is 1.35 bits per heavy atom. The number of hydrogen-bond donors (Lipinski definition) is 2. The van der Waals surface area contributed by atoms with Crippen molar-refractivity contribution in [2.45, 2.75) is 19.8 Å². The van der Waals surface area contributed by atoms with Crippen LogP contribution in [0.25, 0.3) is 0 Å². The minimum absolute atomic E-state index is 0.0954.